The number of benzene rings is 1. The summed E-state index contributed by atoms with van der Waals surface area (Å²) in [7, 11) is 1.61. The van der Waals surface area contributed by atoms with E-state index in [1.54, 1.807) is 19.2 Å². The van der Waals surface area contributed by atoms with E-state index in [2.05, 4.69) is 5.32 Å². The average molecular weight is 322 g/mol. The summed E-state index contributed by atoms with van der Waals surface area (Å²) in [6.45, 7) is 4.84. The maximum atomic E-state index is 9.84. The topological polar surface area (TPSA) is 50.7 Å². The van der Waals surface area contributed by atoms with Crippen molar-refractivity contribution in [3.05, 3.63) is 27.7 Å². The number of ether oxygens (including phenoxy) is 2. The van der Waals surface area contributed by atoms with Crippen LogP contribution < -0.4 is 5.32 Å². The smallest absolute Gasteiger partial charge is 0.0945 e. The second-order valence-electron chi connectivity index (χ2n) is 4.72. The standard InChI is InChI=1S/C14H21Cl2NO3/c1-9-4-13(16)14(5-12(9)15)17-6-11(18)8-20-10(2)7-19-3/h4-5,10-11,17-18H,6-8H2,1-3H3. The van der Waals surface area contributed by atoms with E-state index < -0.39 is 6.10 Å². The number of rotatable bonds is 8. The summed E-state index contributed by atoms with van der Waals surface area (Å²) < 4.78 is 10.4. The lowest BCUT2D eigenvalue weighted by Crippen LogP contribution is -2.28. The number of nitrogens with one attached hydrogen (secondary N) is 1. The van der Waals surface area contributed by atoms with Gasteiger partial charge in [0.05, 0.1) is 36.1 Å². The number of hydrogen-bond acceptors (Lipinski definition) is 4. The molecule has 0 saturated carbocycles. The van der Waals surface area contributed by atoms with Crippen molar-refractivity contribution >= 4 is 28.9 Å². The minimum Gasteiger partial charge on any atom is -0.389 e. The molecule has 0 aromatic heterocycles. The fourth-order valence-corrected chi connectivity index (χ4v) is 2.08. The molecule has 0 bridgehead atoms. The van der Waals surface area contributed by atoms with Crippen LogP contribution in [-0.4, -0.2) is 44.2 Å². The maximum absolute atomic E-state index is 9.84. The first-order chi connectivity index (χ1) is 9.43. The summed E-state index contributed by atoms with van der Waals surface area (Å²) in [5.41, 5.74) is 1.62. The number of anilines is 1. The summed E-state index contributed by atoms with van der Waals surface area (Å²) in [6.07, 6.45) is -0.683. The molecule has 2 atom stereocenters. The van der Waals surface area contributed by atoms with Gasteiger partial charge in [0.1, 0.15) is 0 Å². The molecule has 4 nitrogen and oxygen atoms in total. The zero-order chi connectivity index (χ0) is 15.1. The lowest BCUT2D eigenvalue weighted by molar-refractivity contribution is -0.0282. The summed E-state index contributed by atoms with van der Waals surface area (Å²) in [5, 5.41) is 14.1. The summed E-state index contributed by atoms with van der Waals surface area (Å²) in [5.74, 6) is 0. The largest absolute Gasteiger partial charge is 0.389 e. The Balaban J connectivity index is 2.41. The average Bonchev–Trinajstić information content (AvgIpc) is 2.39. The van der Waals surface area contributed by atoms with E-state index in [0.717, 1.165) is 5.56 Å². The Hall–Kier alpha value is -0.520. The van der Waals surface area contributed by atoms with Crippen LogP contribution in [0.1, 0.15) is 12.5 Å². The van der Waals surface area contributed by atoms with Crippen molar-refractivity contribution < 1.29 is 14.6 Å². The first kappa shape index (κ1) is 17.5. The van der Waals surface area contributed by atoms with Gasteiger partial charge < -0.3 is 19.9 Å². The Bertz CT molecular complexity index is 429. The van der Waals surface area contributed by atoms with Gasteiger partial charge in [-0.15, -0.1) is 0 Å². The van der Waals surface area contributed by atoms with Crippen molar-refractivity contribution in [3.8, 4) is 0 Å². The Labute approximate surface area is 130 Å². The van der Waals surface area contributed by atoms with Gasteiger partial charge in [-0.05, 0) is 31.5 Å². The molecule has 1 rings (SSSR count). The molecule has 0 spiro atoms. The molecule has 0 amide bonds. The molecule has 20 heavy (non-hydrogen) atoms. The second kappa shape index (κ2) is 8.70. The lowest BCUT2D eigenvalue weighted by atomic mass is 10.2. The zero-order valence-corrected chi connectivity index (χ0v) is 13.5. The number of aryl methyl sites for hydroxylation is 1. The predicted octanol–water partition coefficient (Wildman–Crippen LogP) is 3.13. The van der Waals surface area contributed by atoms with E-state index in [1.807, 2.05) is 13.8 Å². The van der Waals surface area contributed by atoms with Crippen LogP contribution in [0.15, 0.2) is 12.1 Å². The van der Waals surface area contributed by atoms with E-state index in [4.69, 9.17) is 32.7 Å². The highest BCUT2D eigenvalue weighted by atomic mass is 35.5. The Morgan fingerprint density at radius 3 is 2.60 bits per heavy atom. The number of aliphatic hydroxyl groups excluding tert-OH is 1. The maximum Gasteiger partial charge on any atom is 0.0945 e. The third-order valence-corrected chi connectivity index (χ3v) is 3.47. The Kier molecular flexibility index (Phi) is 7.62. The third-order valence-electron chi connectivity index (χ3n) is 2.75. The highest BCUT2D eigenvalue weighted by Gasteiger charge is 2.10. The zero-order valence-electron chi connectivity index (χ0n) is 12.0. The van der Waals surface area contributed by atoms with Crippen LogP contribution in [0.5, 0.6) is 0 Å². The van der Waals surface area contributed by atoms with Crippen molar-refractivity contribution in [2.45, 2.75) is 26.1 Å². The fraction of sp³-hybridized carbons (Fsp3) is 0.571. The van der Waals surface area contributed by atoms with Crippen molar-refractivity contribution in [1.82, 2.24) is 0 Å². The van der Waals surface area contributed by atoms with Gasteiger partial charge in [-0.1, -0.05) is 23.2 Å². The van der Waals surface area contributed by atoms with Crippen LogP contribution in [0.3, 0.4) is 0 Å². The van der Waals surface area contributed by atoms with Crippen LogP contribution in [0.25, 0.3) is 0 Å². The van der Waals surface area contributed by atoms with Gasteiger partial charge in [0.2, 0.25) is 0 Å². The van der Waals surface area contributed by atoms with Crippen molar-refractivity contribution in [3.63, 3.8) is 0 Å². The molecule has 0 fully saturated rings. The molecule has 0 aliphatic carbocycles. The van der Waals surface area contributed by atoms with E-state index in [1.165, 1.54) is 0 Å². The summed E-state index contributed by atoms with van der Waals surface area (Å²) >= 11 is 12.1. The van der Waals surface area contributed by atoms with Gasteiger partial charge in [-0.2, -0.15) is 0 Å². The van der Waals surface area contributed by atoms with Crippen LogP contribution in [0, 0.1) is 6.92 Å². The molecule has 0 heterocycles. The van der Waals surface area contributed by atoms with Gasteiger partial charge in [-0.25, -0.2) is 0 Å². The molecule has 0 saturated heterocycles. The quantitative estimate of drug-likeness (QED) is 0.772. The van der Waals surface area contributed by atoms with Gasteiger partial charge in [0, 0.05) is 18.7 Å². The second-order valence-corrected chi connectivity index (χ2v) is 5.53. The van der Waals surface area contributed by atoms with Crippen molar-refractivity contribution in [2.75, 3.05) is 32.2 Å². The van der Waals surface area contributed by atoms with Crippen molar-refractivity contribution in [1.29, 1.82) is 0 Å². The van der Waals surface area contributed by atoms with E-state index in [-0.39, 0.29) is 12.7 Å². The minimum absolute atomic E-state index is 0.0490. The molecular formula is C14H21Cl2NO3. The van der Waals surface area contributed by atoms with Gasteiger partial charge in [0.25, 0.3) is 0 Å². The number of methoxy groups -OCH3 is 1. The van der Waals surface area contributed by atoms with Crippen LogP contribution in [0.4, 0.5) is 5.69 Å². The van der Waals surface area contributed by atoms with Crippen LogP contribution in [-0.2, 0) is 9.47 Å². The fourth-order valence-electron chi connectivity index (χ4n) is 1.63. The van der Waals surface area contributed by atoms with Crippen molar-refractivity contribution in [2.24, 2.45) is 0 Å². The molecule has 6 heteroatoms. The van der Waals surface area contributed by atoms with E-state index in [9.17, 15) is 5.11 Å². The van der Waals surface area contributed by atoms with Gasteiger partial charge in [-0.3, -0.25) is 0 Å². The Morgan fingerprint density at radius 2 is 1.95 bits per heavy atom. The molecule has 1 aromatic rings. The van der Waals surface area contributed by atoms with E-state index >= 15 is 0 Å². The Morgan fingerprint density at radius 1 is 1.25 bits per heavy atom. The van der Waals surface area contributed by atoms with E-state index in [0.29, 0.717) is 28.9 Å². The molecule has 0 radical (unpaired) electrons. The molecule has 0 aliphatic heterocycles. The normalized spacial score (nSPS) is 14.1. The van der Waals surface area contributed by atoms with Gasteiger partial charge >= 0.3 is 0 Å². The third kappa shape index (κ3) is 5.85. The molecule has 2 N–H and O–H groups in total. The summed E-state index contributed by atoms with van der Waals surface area (Å²) in [4.78, 5) is 0. The van der Waals surface area contributed by atoms with Crippen LogP contribution >= 0.6 is 23.2 Å². The predicted molar refractivity (Wildman–Crippen MR) is 83.0 cm³/mol. The SMILES string of the molecule is COCC(C)OCC(O)CNc1cc(Cl)c(C)cc1Cl. The minimum atomic E-state index is -0.634. The first-order valence-electron chi connectivity index (χ1n) is 6.42. The number of hydrogen-bond donors (Lipinski definition) is 2. The molecule has 2 unspecified atom stereocenters. The van der Waals surface area contributed by atoms with Crippen LogP contribution in [0.2, 0.25) is 10.0 Å². The van der Waals surface area contributed by atoms with Gasteiger partial charge in [0.15, 0.2) is 0 Å². The molecule has 114 valence electrons. The first-order valence-corrected chi connectivity index (χ1v) is 7.17. The molecule has 0 aliphatic rings. The molecule has 1 aromatic carbocycles. The number of halogens is 2. The molecular weight excluding hydrogens is 301 g/mol. The lowest BCUT2D eigenvalue weighted by Gasteiger charge is -2.17. The summed E-state index contributed by atoms with van der Waals surface area (Å²) in [6, 6.07) is 3.54. The highest BCUT2D eigenvalue weighted by molar-refractivity contribution is 6.35. The highest BCUT2D eigenvalue weighted by Crippen LogP contribution is 2.28. The monoisotopic (exact) mass is 321 g/mol. The number of aliphatic hydroxyl groups is 1.